The Morgan fingerprint density at radius 3 is 2.39 bits per heavy atom. The molecule has 0 aliphatic carbocycles. The largest absolute Gasteiger partial charge is 0.335 e. The highest BCUT2D eigenvalue weighted by molar-refractivity contribution is 7.86. The van der Waals surface area contributed by atoms with E-state index < -0.39 is 10.2 Å². The summed E-state index contributed by atoms with van der Waals surface area (Å²) >= 11 is 3.24. The van der Waals surface area contributed by atoms with Gasteiger partial charge in [0, 0.05) is 54.1 Å². The Hall–Kier alpha value is -1.52. The van der Waals surface area contributed by atoms with E-state index in [0.717, 1.165) is 14.3 Å². The highest BCUT2D eigenvalue weighted by Crippen LogP contribution is 2.39. The fraction of sp³-hybridized carbons (Fsp3) is 0.421. The van der Waals surface area contributed by atoms with Crippen molar-refractivity contribution in [2.24, 2.45) is 0 Å². The van der Waals surface area contributed by atoms with Crippen LogP contribution in [0, 0.1) is 0 Å². The zero-order valence-corrected chi connectivity index (χ0v) is 18.4. The van der Waals surface area contributed by atoms with Gasteiger partial charge in [-0.2, -0.15) is 17.0 Å². The first-order valence-corrected chi connectivity index (χ1v) is 12.4. The van der Waals surface area contributed by atoms with Gasteiger partial charge in [0.05, 0.1) is 9.58 Å². The fourth-order valence-electron chi connectivity index (χ4n) is 3.60. The number of hydrogen-bond donors (Lipinski definition) is 0. The van der Waals surface area contributed by atoms with Crippen molar-refractivity contribution in [1.82, 2.24) is 13.5 Å². The van der Waals surface area contributed by atoms with Crippen LogP contribution in [0.25, 0.3) is 19.5 Å². The number of rotatable bonds is 5. The molecule has 0 N–H and O–H groups in total. The molecule has 3 heterocycles. The Bertz CT molecular complexity index is 1110. The van der Waals surface area contributed by atoms with Gasteiger partial charge in [-0.15, -0.1) is 22.7 Å². The normalized spacial score (nSPS) is 16.5. The molecule has 0 spiro atoms. The first kappa shape index (κ1) is 19.8. The van der Waals surface area contributed by atoms with Crippen LogP contribution in [0.3, 0.4) is 0 Å². The molecule has 2 aromatic heterocycles. The summed E-state index contributed by atoms with van der Waals surface area (Å²) in [6, 6.07) is 10.2. The summed E-state index contributed by atoms with van der Waals surface area (Å²) in [7, 11) is -3.44. The minimum absolute atomic E-state index is 0.00244. The Labute approximate surface area is 173 Å². The van der Waals surface area contributed by atoms with Gasteiger partial charge in [0.1, 0.15) is 0 Å². The second-order valence-corrected chi connectivity index (χ2v) is 10.7. The van der Waals surface area contributed by atoms with Crippen molar-refractivity contribution >= 4 is 58.3 Å². The maximum Gasteiger partial charge on any atom is 0.282 e. The van der Waals surface area contributed by atoms with E-state index in [2.05, 4.69) is 12.1 Å². The third kappa shape index (κ3) is 3.35. The molecule has 0 unspecified atom stereocenters. The van der Waals surface area contributed by atoms with E-state index in [1.807, 2.05) is 32.0 Å². The highest BCUT2D eigenvalue weighted by atomic mass is 32.2. The number of amides is 1. The smallest absolute Gasteiger partial charge is 0.282 e. The third-order valence-electron chi connectivity index (χ3n) is 5.14. The number of piperazine rings is 1. The summed E-state index contributed by atoms with van der Waals surface area (Å²) in [4.78, 5) is 15.5. The predicted octanol–water partition coefficient (Wildman–Crippen LogP) is 3.46. The van der Waals surface area contributed by atoms with Crippen molar-refractivity contribution in [1.29, 1.82) is 0 Å². The minimum Gasteiger partial charge on any atom is -0.335 e. The monoisotopic (exact) mass is 437 g/mol. The Morgan fingerprint density at radius 2 is 1.71 bits per heavy atom. The Morgan fingerprint density at radius 1 is 1.04 bits per heavy atom. The van der Waals surface area contributed by atoms with E-state index in [1.54, 1.807) is 16.2 Å². The lowest BCUT2D eigenvalue weighted by Crippen LogP contribution is -2.54. The Kier molecular flexibility index (Phi) is 5.45. The highest BCUT2D eigenvalue weighted by Gasteiger charge is 2.32. The average molecular weight is 438 g/mol. The van der Waals surface area contributed by atoms with Crippen molar-refractivity contribution in [2.75, 3.05) is 39.3 Å². The Balaban J connectivity index is 1.49. The van der Waals surface area contributed by atoms with Crippen LogP contribution in [0.2, 0.25) is 0 Å². The first-order valence-electron chi connectivity index (χ1n) is 9.41. The third-order valence-corrected chi connectivity index (χ3v) is 9.73. The van der Waals surface area contributed by atoms with E-state index in [9.17, 15) is 13.2 Å². The van der Waals surface area contributed by atoms with Crippen molar-refractivity contribution in [3.05, 3.63) is 35.2 Å². The summed E-state index contributed by atoms with van der Waals surface area (Å²) in [5, 5.41) is 1.20. The lowest BCUT2D eigenvalue weighted by atomic mass is 10.2. The summed E-state index contributed by atoms with van der Waals surface area (Å²) in [5.41, 5.74) is 0. The number of fused-ring (bicyclic) bond motifs is 3. The molecule has 6 nitrogen and oxygen atoms in total. The number of nitrogens with zero attached hydrogens (tertiary/aromatic N) is 3. The van der Waals surface area contributed by atoms with Crippen molar-refractivity contribution in [2.45, 2.75) is 13.8 Å². The maximum atomic E-state index is 13.0. The van der Waals surface area contributed by atoms with Crippen LogP contribution in [0.1, 0.15) is 23.5 Å². The second kappa shape index (κ2) is 7.72. The van der Waals surface area contributed by atoms with Crippen molar-refractivity contribution in [3.63, 3.8) is 0 Å². The van der Waals surface area contributed by atoms with Crippen molar-refractivity contribution in [3.8, 4) is 0 Å². The molecular weight excluding hydrogens is 414 g/mol. The van der Waals surface area contributed by atoms with Crippen LogP contribution in [0.15, 0.2) is 30.3 Å². The molecule has 0 atom stereocenters. The summed E-state index contributed by atoms with van der Waals surface area (Å²) < 4.78 is 31.8. The maximum absolute atomic E-state index is 13.0. The number of thiophene rings is 2. The van der Waals surface area contributed by atoms with E-state index in [1.165, 1.54) is 30.0 Å². The summed E-state index contributed by atoms with van der Waals surface area (Å²) in [6.45, 7) is 6.12. The second-order valence-electron chi connectivity index (χ2n) is 6.69. The quantitative estimate of drug-likeness (QED) is 0.614. The molecule has 4 rings (SSSR count). The summed E-state index contributed by atoms with van der Waals surface area (Å²) in [5.74, 6) is -0.00244. The van der Waals surface area contributed by atoms with Gasteiger partial charge >= 0.3 is 0 Å². The van der Waals surface area contributed by atoms with Crippen LogP contribution < -0.4 is 0 Å². The fourth-order valence-corrected chi connectivity index (χ4v) is 7.69. The molecule has 1 aliphatic rings. The van der Waals surface area contributed by atoms with Crippen LogP contribution in [0.5, 0.6) is 0 Å². The number of benzene rings is 1. The molecule has 150 valence electrons. The molecule has 1 amide bonds. The van der Waals surface area contributed by atoms with Crippen LogP contribution in [-0.4, -0.2) is 67.1 Å². The molecule has 1 fully saturated rings. The minimum atomic E-state index is -3.44. The first-order chi connectivity index (χ1) is 13.5. The SMILES string of the molecule is CCN(CC)S(=O)(=O)N1CCN(C(=O)c2cc3sc4ccccc4c3s2)CC1. The van der Waals surface area contributed by atoms with Gasteiger partial charge in [-0.25, -0.2) is 0 Å². The number of carbonyl (C=O) groups excluding carboxylic acids is 1. The molecule has 28 heavy (non-hydrogen) atoms. The molecule has 0 saturated carbocycles. The standard InChI is InChI=1S/C19H23N3O3S3/c1-3-21(4-2)28(24,25)22-11-9-20(10-12-22)19(23)17-13-16-18(27-17)14-7-5-6-8-15(14)26-16/h5-8,13H,3-4,9-12H2,1-2H3. The topological polar surface area (TPSA) is 60.9 Å². The van der Waals surface area contributed by atoms with Crippen molar-refractivity contribution < 1.29 is 13.2 Å². The van der Waals surface area contributed by atoms with Gasteiger partial charge in [0.2, 0.25) is 0 Å². The molecule has 0 radical (unpaired) electrons. The lowest BCUT2D eigenvalue weighted by Gasteiger charge is -2.36. The van der Waals surface area contributed by atoms with Crippen LogP contribution in [-0.2, 0) is 10.2 Å². The number of hydrogen-bond acceptors (Lipinski definition) is 5. The van der Waals surface area contributed by atoms with Gasteiger partial charge < -0.3 is 4.90 Å². The molecule has 3 aromatic rings. The van der Waals surface area contributed by atoms with E-state index in [4.69, 9.17) is 0 Å². The van der Waals surface area contributed by atoms with Gasteiger partial charge in [-0.1, -0.05) is 32.0 Å². The molecule has 1 saturated heterocycles. The molecule has 1 aliphatic heterocycles. The van der Waals surface area contributed by atoms with Gasteiger partial charge in [-0.3, -0.25) is 4.79 Å². The zero-order chi connectivity index (χ0) is 19.9. The van der Waals surface area contributed by atoms with E-state index in [-0.39, 0.29) is 5.91 Å². The molecule has 1 aromatic carbocycles. The molecular formula is C19H23N3O3S3. The van der Waals surface area contributed by atoms with E-state index in [0.29, 0.717) is 39.3 Å². The van der Waals surface area contributed by atoms with Crippen LogP contribution >= 0.6 is 22.7 Å². The van der Waals surface area contributed by atoms with E-state index >= 15 is 0 Å². The number of carbonyl (C=O) groups is 1. The van der Waals surface area contributed by atoms with Gasteiger partial charge in [0.25, 0.3) is 16.1 Å². The molecule has 9 heteroatoms. The zero-order valence-electron chi connectivity index (χ0n) is 15.9. The van der Waals surface area contributed by atoms with Gasteiger partial charge in [-0.05, 0) is 12.1 Å². The average Bonchev–Trinajstić information content (AvgIpc) is 3.26. The summed E-state index contributed by atoms with van der Waals surface area (Å²) in [6.07, 6.45) is 0. The lowest BCUT2D eigenvalue weighted by molar-refractivity contribution is 0.0699. The van der Waals surface area contributed by atoms with Crippen LogP contribution in [0.4, 0.5) is 0 Å². The predicted molar refractivity (Wildman–Crippen MR) is 117 cm³/mol. The molecule has 0 bridgehead atoms. The van der Waals surface area contributed by atoms with Gasteiger partial charge in [0.15, 0.2) is 0 Å².